The third kappa shape index (κ3) is 8.18. The van der Waals surface area contributed by atoms with Gasteiger partial charge in [0.2, 0.25) is 0 Å². The lowest BCUT2D eigenvalue weighted by Gasteiger charge is -2.06. The van der Waals surface area contributed by atoms with E-state index in [0.717, 1.165) is 22.0 Å². The van der Waals surface area contributed by atoms with Gasteiger partial charge in [-0.1, -0.05) is 76.8 Å². The van der Waals surface area contributed by atoms with Crippen LogP contribution in [-0.2, 0) is 17.2 Å². The quantitative estimate of drug-likeness (QED) is 0.310. The summed E-state index contributed by atoms with van der Waals surface area (Å²) in [5.41, 5.74) is 1.34. The second-order valence-electron chi connectivity index (χ2n) is 7.52. The van der Waals surface area contributed by atoms with Gasteiger partial charge in [0.25, 0.3) is 0 Å². The Balaban J connectivity index is 1.65. The van der Waals surface area contributed by atoms with Crippen LogP contribution in [0.4, 0.5) is 0 Å². The number of hydrogen-bond donors (Lipinski definition) is 0. The summed E-state index contributed by atoms with van der Waals surface area (Å²) in [7, 11) is 0.503. The second kappa shape index (κ2) is 13.5. The first kappa shape index (κ1) is 22.7. The maximum atomic E-state index is 12.7. The van der Waals surface area contributed by atoms with Crippen LogP contribution in [0.5, 0.6) is 5.75 Å². The minimum Gasteiger partial charge on any atom is -0.497 e. The van der Waals surface area contributed by atoms with Crippen molar-refractivity contribution in [1.29, 1.82) is 0 Å². The van der Waals surface area contributed by atoms with Gasteiger partial charge in [0, 0.05) is 9.79 Å². The highest BCUT2D eigenvalue weighted by atomic mass is 32.2. The van der Waals surface area contributed by atoms with Crippen LogP contribution < -0.4 is 4.74 Å². The van der Waals surface area contributed by atoms with Gasteiger partial charge in [0.15, 0.2) is 0 Å². The Morgan fingerprint density at radius 3 is 1.64 bits per heavy atom. The first-order chi connectivity index (χ1) is 13.7. The predicted octanol–water partition coefficient (Wildman–Crippen LogP) is 7.33. The first-order valence-corrected chi connectivity index (χ1v) is 12.0. The summed E-state index contributed by atoms with van der Waals surface area (Å²) >= 11 is 0. The van der Waals surface area contributed by atoms with E-state index in [0.29, 0.717) is 0 Å². The van der Waals surface area contributed by atoms with E-state index in [1.165, 1.54) is 69.8 Å². The molecule has 0 heterocycles. The van der Waals surface area contributed by atoms with E-state index in [2.05, 4.69) is 19.1 Å². The molecular weight excluding hydrogens is 364 g/mol. The molecule has 0 fully saturated rings. The molecule has 0 aliphatic heterocycles. The van der Waals surface area contributed by atoms with Gasteiger partial charge >= 0.3 is 0 Å². The number of hydrogen-bond acceptors (Lipinski definition) is 2. The molecule has 0 radical (unpaired) electrons. The fourth-order valence-electron chi connectivity index (χ4n) is 3.43. The van der Waals surface area contributed by atoms with Gasteiger partial charge < -0.3 is 4.74 Å². The predicted molar refractivity (Wildman–Crippen MR) is 120 cm³/mol. The van der Waals surface area contributed by atoms with Crippen LogP contribution in [0.1, 0.15) is 76.7 Å². The Hall–Kier alpha value is -1.61. The van der Waals surface area contributed by atoms with Crippen molar-refractivity contribution < 1.29 is 8.95 Å². The molecule has 2 aromatic rings. The Kier molecular flexibility index (Phi) is 11.0. The molecule has 2 rings (SSSR count). The van der Waals surface area contributed by atoms with E-state index >= 15 is 0 Å². The number of benzene rings is 2. The fraction of sp³-hybridized carbons (Fsp3) is 0.520. The molecule has 0 aliphatic rings. The Labute approximate surface area is 174 Å². The van der Waals surface area contributed by atoms with E-state index in [4.69, 9.17) is 4.74 Å². The van der Waals surface area contributed by atoms with Crippen LogP contribution in [0.25, 0.3) is 0 Å². The maximum Gasteiger partial charge on any atom is 0.118 e. The summed E-state index contributed by atoms with van der Waals surface area (Å²) in [6, 6.07) is 15.7. The smallest absolute Gasteiger partial charge is 0.118 e. The Morgan fingerprint density at radius 2 is 1.14 bits per heavy atom. The average molecular weight is 401 g/mol. The van der Waals surface area contributed by atoms with Crippen LogP contribution in [0.3, 0.4) is 0 Å². The molecule has 0 N–H and O–H groups in total. The van der Waals surface area contributed by atoms with Crippen LogP contribution in [0.2, 0.25) is 0 Å². The highest BCUT2D eigenvalue weighted by molar-refractivity contribution is 7.85. The van der Waals surface area contributed by atoms with Gasteiger partial charge in [-0.15, -0.1) is 0 Å². The molecule has 2 aromatic carbocycles. The molecule has 0 saturated carbocycles. The third-order valence-corrected chi connectivity index (χ3v) is 6.63. The molecule has 3 heteroatoms. The highest BCUT2D eigenvalue weighted by Gasteiger charge is 2.07. The van der Waals surface area contributed by atoms with Gasteiger partial charge in [-0.3, -0.25) is 0 Å². The lowest BCUT2D eigenvalue weighted by molar-refractivity contribution is 0.414. The minimum absolute atomic E-state index is 0.785. The topological polar surface area (TPSA) is 26.3 Å². The second-order valence-corrected chi connectivity index (χ2v) is 9.00. The van der Waals surface area contributed by atoms with E-state index < -0.39 is 10.8 Å². The Morgan fingerprint density at radius 1 is 0.679 bits per heavy atom. The fourth-order valence-corrected chi connectivity index (χ4v) is 4.47. The summed E-state index contributed by atoms with van der Waals surface area (Å²) < 4.78 is 17.8. The van der Waals surface area contributed by atoms with Crippen molar-refractivity contribution in [2.45, 2.75) is 87.3 Å². The van der Waals surface area contributed by atoms with Crippen molar-refractivity contribution in [2.75, 3.05) is 7.11 Å². The van der Waals surface area contributed by atoms with Gasteiger partial charge in [-0.2, -0.15) is 0 Å². The average Bonchev–Trinajstić information content (AvgIpc) is 2.75. The standard InChI is InChI=1S/C25H36O2S/c1-3-4-5-6-7-8-9-10-11-12-13-22-14-18-24(19-15-22)28(26)25-20-16-23(27-2)17-21-25/h14-21H,3-13H2,1-2H3. The minimum atomic E-state index is -1.14. The zero-order valence-electron chi connectivity index (χ0n) is 17.6. The lowest BCUT2D eigenvalue weighted by Crippen LogP contribution is -1.94. The monoisotopic (exact) mass is 400 g/mol. The zero-order chi connectivity index (χ0) is 20.0. The molecule has 1 unspecified atom stereocenters. The van der Waals surface area contributed by atoms with Gasteiger partial charge in [0.05, 0.1) is 17.9 Å². The van der Waals surface area contributed by atoms with Crippen molar-refractivity contribution in [1.82, 2.24) is 0 Å². The normalized spacial score (nSPS) is 12.1. The van der Waals surface area contributed by atoms with Gasteiger partial charge in [-0.05, 0) is 54.8 Å². The number of aryl methyl sites for hydroxylation is 1. The van der Waals surface area contributed by atoms with E-state index in [-0.39, 0.29) is 0 Å². The van der Waals surface area contributed by atoms with E-state index in [1.807, 2.05) is 36.4 Å². The molecule has 28 heavy (non-hydrogen) atoms. The lowest BCUT2D eigenvalue weighted by atomic mass is 10.0. The SMILES string of the molecule is CCCCCCCCCCCCc1ccc(S(=O)c2ccc(OC)cc2)cc1. The van der Waals surface area contributed by atoms with Gasteiger partial charge in [-0.25, -0.2) is 4.21 Å². The molecule has 1 atom stereocenters. The molecule has 2 nitrogen and oxygen atoms in total. The number of ether oxygens (including phenoxy) is 1. The number of rotatable bonds is 14. The molecule has 0 spiro atoms. The first-order valence-electron chi connectivity index (χ1n) is 10.9. The van der Waals surface area contributed by atoms with Crippen LogP contribution in [0.15, 0.2) is 58.3 Å². The maximum absolute atomic E-state index is 12.7. The number of methoxy groups -OCH3 is 1. The van der Waals surface area contributed by atoms with Crippen molar-refractivity contribution in [3.8, 4) is 5.75 Å². The van der Waals surface area contributed by atoms with Crippen molar-refractivity contribution in [2.24, 2.45) is 0 Å². The van der Waals surface area contributed by atoms with Crippen molar-refractivity contribution >= 4 is 10.8 Å². The largest absolute Gasteiger partial charge is 0.497 e. The third-order valence-electron chi connectivity index (χ3n) is 5.23. The molecule has 0 bridgehead atoms. The molecule has 0 saturated heterocycles. The summed E-state index contributed by atoms with van der Waals surface area (Å²) in [6.45, 7) is 2.27. The van der Waals surface area contributed by atoms with Crippen LogP contribution >= 0.6 is 0 Å². The molecule has 154 valence electrons. The molecule has 0 aromatic heterocycles. The summed E-state index contributed by atoms with van der Waals surface area (Å²) in [4.78, 5) is 1.67. The van der Waals surface area contributed by atoms with Crippen LogP contribution in [0, 0.1) is 0 Å². The van der Waals surface area contributed by atoms with E-state index in [9.17, 15) is 4.21 Å². The highest BCUT2D eigenvalue weighted by Crippen LogP contribution is 2.20. The van der Waals surface area contributed by atoms with Crippen molar-refractivity contribution in [3.05, 3.63) is 54.1 Å². The Bertz CT molecular complexity index is 677. The summed E-state index contributed by atoms with van der Waals surface area (Å²) in [6.07, 6.45) is 14.8. The zero-order valence-corrected chi connectivity index (χ0v) is 18.4. The van der Waals surface area contributed by atoms with Crippen LogP contribution in [-0.4, -0.2) is 11.3 Å². The molecular formula is C25H36O2S. The molecule has 0 aliphatic carbocycles. The molecule has 0 amide bonds. The van der Waals surface area contributed by atoms with Gasteiger partial charge in [0.1, 0.15) is 5.75 Å². The summed E-state index contributed by atoms with van der Waals surface area (Å²) in [5.74, 6) is 0.785. The summed E-state index contributed by atoms with van der Waals surface area (Å²) in [5, 5.41) is 0. The number of unbranched alkanes of at least 4 members (excludes halogenated alkanes) is 9. The van der Waals surface area contributed by atoms with Crippen molar-refractivity contribution in [3.63, 3.8) is 0 Å². The van der Waals surface area contributed by atoms with E-state index in [1.54, 1.807) is 7.11 Å².